The van der Waals surface area contributed by atoms with Gasteiger partial charge in [0.05, 0.1) is 67.3 Å². The summed E-state index contributed by atoms with van der Waals surface area (Å²) in [6, 6.07) is 149. The van der Waals surface area contributed by atoms with Gasteiger partial charge < -0.3 is 0 Å². The molecule has 23 rings (SSSR count). The summed E-state index contributed by atoms with van der Waals surface area (Å²) >= 11 is 0. The Bertz CT molecular complexity index is 7850. The summed E-state index contributed by atoms with van der Waals surface area (Å²) in [4.78, 5) is 42.4. The Morgan fingerprint density at radius 2 is 0.425 bits per heavy atom. The van der Waals surface area contributed by atoms with Crippen LogP contribution in [0.25, 0.3) is 233 Å². The Balaban J connectivity index is 0.000000144. The van der Waals surface area contributed by atoms with Crippen molar-refractivity contribution in [3.8, 4) is 135 Å². The SMILES string of the molecule is c1ccc(-c2ccc(-c3cc(-c4c5ccccc5c(-c5ccc6ccc7c(-c8ccccc8)c8ccccc8nc7c6n5)c5ccccc45)nc(-c4ccccc4)n3)cc2)cc1.c1ccc(-c2ccc(-c3cc(-c4ccc(-c5ccc6ccc7c(-c8ccccc8)c8ccccc8nc7c6n5)c5ccccc45)nc(-c4ccccc4)n3)cc2)cc1. The van der Waals surface area contributed by atoms with Crippen molar-refractivity contribution >= 4 is 97.7 Å². The number of nitrogens with zero attached hydrogens (tertiary/aromatic N) is 8. The van der Waals surface area contributed by atoms with E-state index < -0.39 is 0 Å². The molecule has 0 atom stereocenters. The lowest BCUT2D eigenvalue weighted by atomic mass is 9.88. The Hall–Kier alpha value is -16.2. The molecule has 17 aromatic carbocycles. The normalized spacial score (nSPS) is 11.5. The molecule has 0 aliphatic rings. The molecular formula is C112H70N8. The molecule has 6 aromatic heterocycles. The highest BCUT2D eigenvalue weighted by atomic mass is 14.9. The van der Waals surface area contributed by atoms with E-state index >= 15 is 0 Å². The smallest absolute Gasteiger partial charge is 0.160 e. The first-order valence-electron chi connectivity index (χ1n) is 40.5. The predicted molar refractivity (Wildman–Crippen MR) is 498 cm³/mol. The van der Waals surface area contributed by atoms with Crippen molar-refractivity contribution in [3.63, 3.8) is 0 Å². The summed E-state index contributed by atoms with van der Waals surface area (Å²) in [5.74, 6) is 1.37. The summed E-state index contributed by atoms with van der Waals surface area (Å²) in [6.45, 7) is 0. The number of hydrogen-bond donors (Lipinski definition) is 0. The number of pyridine rings is 4. The van der Waals surface area contributed by atoms with Crippen LogP contribution in [0.4, 0.5) is 0 Å². The second kappa shape index (κ2) is 30.2. The molecule has 0 aliphatic heterocycles. The van der Waals surface area contributed by atoms with E-state index in [2.05, 4.69) is 376 Å². The maximum Gasteiger partial charge on any atom is 0.160 e. The quantitative estimate of drug-likeness (QED) is 0.0880. The molecule has 0 bridgehead atoms. The van der Waals surface area contributed by atoms with Gasteiger partial charge >= 0.3 is 0 Å². The molecule has 0 fully saturated rings. The van der Waals surface area contributed by atoms with Crippen LogP contribution in [-0.4, -0.2) is 39.9 Å². The second-order valence-electron chi connectivity index (χ2n) is 30.3. The Labute approximate surface area is 692 Å². The van der Waals surface area contributed by atoms with Gasteiger partial charge in [0.15, 0.2) is 11.6 Å². The minimum Gasteiger partial charge on any atom is -0.245 e. The molecule has 0 amide bonds. The third-order valence-electron chi connectivity index (χ3n) is 23.2. The maximum absolute atomic E-state index is 5.57. The van der Waals surface area contributed by atoms with Crippen molar-refractivity contribution in [2.75, 3.05) is 0 Å². The highest BCUT2D eigenvalue weighted by Gasteiger charge is 2.24. The third-order valence-corrected chi connectivity index (χ3v) is 23.2. The van der Waals surface area contributed by atoms with E-state index in [-0.39, 0.29) is 0 Å². The first-order valence-corrected chi connectivity index (χ1v) is 40.5. The zero-order chi connectivity index (χ0) is 79.4. The predicted octanol–water partition coefficient (Wildman–Crippen LogP) is 28.9. The van der Waals surface area contributed by atoms with Gasteiger partial charge in [0.2, 0.25) is 0 Å². The van der Waals surface area contributed by atoms with Gasteiger partial charge in [-0.15, -0.1) is 0 Å². The average molecular weight is 1530 g/mol. The summed E-state index contributed by atoms with van der Waals surface area (Å²) in [6.07, 6.45) is 0. The molecule has 0 N–H and O–H groups in total. The zero-order valence-electron chi connectivity index (χ0n) is 65.0. The lowest BCUT2D eigenvalue weighted by Crippen LogP contribution is -1.98. The van der Waals surface area contributed by atoms with Crippen molar-refractivity contribution in [3.05, 3.63) is 425 Å². The van der Waals surface area contributed by atoms with Gasteiger partial charge in [-0.2, -0.15) is 0 Å². The van der Waals surface area contributed by atoms with E-state index in [0.717, 1.165) is 193 Å². The fourth-order valence-corrected chi connectivity index (χ4v) is 17.4. The van der Waals surface area contributed by atoms with E-state index in [4.69, 9.17) is 39.9 Å². The largest absolute Gasteiger partial charge is 0.245 e. The van der Waals surface area contributed by atoms with E-state index in [0.29, 0.717) is 11.6 Å². The van der Waals surface area contributed by atoms with E-state index in [1.165, 1.54) is 27.8 Å². The molecule has 6 heterocycles. The zero-order valence-corrected chi connectivity index (χ0v) is 65.0. The highest BCUT2D eigenvalue weighted by molar-refractivity contribution is 6.23. The number of hydrogen-bond acceptors (Lipinski definition) is 8. The first-order chi connectivity index (χ1) is 59.5. The molecule has 0 saturated heterocycles. The molecule has 8 heteroatoms. The van der Waals surface area contributed by atoms with Gasteiger partial charge in [-0.25, -0.2) is 39.9 Å². The molecule has 8 nitrogen and oxygen atoms in total. The van der Waals surface area contributed by atoms with Crippen LogP contribution in [-0.2, 0) is 0 Å². The van der Waals surface area contributed by atoms with Crippen LogP contribution >= 0.6 is 0 Å². The molecule has 23 aromatic rings. The van der Waals surface area contributed by atoms with E-state index in [9.17, 15) is 0 Å². The van der Waals surface area contributed by atoms with Crippen LogP contribution in [0.3, 0.4) is 0 Å². The third kappa shape index (κ3) is 12.9. The molecule has 0 spiro atoms. The fraction of sp³-hybridized carbons (Fsp3) is 0. The Morgan fingerprint density at radius 3 is 0.850 bits per heavy atom. The van der Waals surface area contributed by atoms with Crippen molar-refractivity contribution in [1.29, 1.82) is 0 Å². The lowest BCUT2D eigenvalue weighted by molar-refractivity contribution is 1.18. The first kappa shape index (κ1) is 70.5. The summed E-state index contributed by atoms with van der Waals surface area (Å²) in [7, 11) is 0. The lowest BCUT2D eigenvalue weighted by Gasteiger charge is -2.18. The van der Waals surface area contributed by atoms with Crippen molar-refractivity contribution < 1.29 is 0 Å². The molecule has 0 aliphatic carbocycles. The van der Waals surface area contributed by atoms with Crippen LogP contribution in [0.5, 0.6) is 0 Å². The number of fused-ring (bicyclic) bond motifs is 11. The molecule has 558 valence electrons. The standard InChI is InChI=1S/C58H36N4.C54H34N4/c1-4-16-37(17-5-1)38-28-30-39(31-29-38)51-36-52(62-58(61-51)42-20-8-3-9-21-42)55-45-24-12-10-22-43(45)54(44-23-11-13-25-46(44)55)50-35-33-41-32-34-48-53(40-18-6-2-7-19-40)47-26-14-15-27-49(47)59-57(48)56(41)60-50;1-4-14-35(15-5-1)36-24-26-37(27-25-36)49-34-50(58-54(57-49)40-18-8-3-9-19-40)44-32-31-43(41-20-10-11-21-42(41)44)48-33-29-39-28-30-46-51(38-16-6-2-7-17-38)45-22-12-13-23-47(45)56-53(46)52(39)55-48/h1-36H;1-34H. The fourth-order valence-electron chi connectivity index (χ4n) is 17.4. The number of para-hydroxylation sites is 2. The Kier molecular flexibility index (Phi) is 17.8. The van der Waals surface area contributed by atoms with Gasteiger partial charge in [0, 0.05) is 88.0 Å². The molecule has 0 unspecified atom stereocenters. The van der Waals surface area contributed by atoms with Crippen molar-refractivity contribution in [2.24, 2.45) is 0 Å². The van der Waals surface area contributed by atoms with Crippen LogP contribution in [0.15, 0.2) is 425 Å². The van der Waals surface area contributed by atoms with E-state index in [1.807, 2.05) is 48.5 Å². The summed E-state index contributed by atoms with van der Waals surface area (Å²) < 4.78 is 0. The van der Waals surface area contributed by atoms with Crippen LogP contribution in [0.2, 0.25) is 0 Å². The van der Waals surface area contributed by atoms with E-state index in [1.54, 1.807) is 0 Å². The summed E-state index contributed by atoms with van der Waals surface area (Å²) in [5, 5.41) is 13.1. The average Bonchev–Trinajstić information content (AvgIpc) is 0.726. The molecular weight excluding hydrogens is 1460 g/mol. The topological polar surface area (TPSA) is 103 Å². The van der Waals surface area contributed by atoms with Gasteiger partial charge in [-0.1, -0.05) is 388 Å². The summed E-state index contributed by atoms with van der Waals surface area (Å²) in [5.41, 5.74) is 28.3. The monoisotopic (exact) mass is 1530 g/mol. The molecule has 0 radical (unpaired) electrons. The van der Waals surface area contributed by atoms with Crippen LogP contribution in [0, 0.1) is 0 Å². The van der Waals surface area contributed by atoms with Gasteiger partial charge in [0.1, 0.15) is 0 Å². The number of benzene rings is 17. The van der Waals surface area contributed by atoms with Crippen LogP contribution in [0.1, 0.15) is 0 Å². The minimum atomic E-state index is 0.681. The van der Waals surface area contributed by atoms with Crippen molar-refractivity contribution in [1.82, 2.24) is 39.9 Å². The molecule has 120 heavy (non-hydrogen) atoms. The Morgan fingerprint density at radius 1 is 0.133 bits per heavy atom. The number of aromatic nitrogens is 8. The van der Waals surface area contributed by atoms with Gasteiger partial charge in [-0.05, 0) is 102 Å². The molecule has 0 saturated carbocycles. The van der Waals surface area contributed by atoms with Crippen molar-refractivity contribution in [2.45, 2.75) is 0 Å². The minimum absolute atomic E-state index is 0.681. The number of rotatable bonds is 12. The van der Waals surface area contributed by atoms with Gasteiger partial charge in [0.25, 0.3) is 0 Å². The maximum atomic E-state index is 5.57. The van der Waals surface area contributed by atoms with Gasteiger partial charge in [-0.3, -0.25) is 0 Å². The second-order valence-corrected chi connectivity index (χ2v) is 30.3. The highest BCUT2D eigenvalue weighted by Crippen LogP contribution is 2.47. The van der Waals surface area contributed by atoms with Crippen LogP contribution < -0.4 is 0 Å².